The second kappa shape index (κ2) is 10.5. The molecule has 26 heavy (non-hydrogen) atoms. The number of guanidine groups is 1. The van der Waals surface area contributed by atoms with Crippen LogP contribution in [0.4, 0.5) is 4.39 Å². The minimum atomic E-state index is -0.169. The van der Waals surface area contributed by atoms with Crippen molar-refractivity contribution in [1.29, 1.82) is 0 Å². The van der Waals surface area contributed by atoms with Gasteiger partial charge in [0.1, 0.15) is 5.82 Å². The molecule has 1 aliphatic rings. The van der Waals surface area contributed by atoms with Crippen LogP contribution in [0.15, 0.2) is 23.2 Å². The van der Waals surface area contributed by atoms with Gasteiger partial charge in [0.25, 0.3) is 0 Å². The molecule has 1 aromatic carbocycles. The van der Waals surface area contributed by atoms with Gasteiger partial charge in [0.05, 0.1) is 19.2 Å². The summed E-state index contributed by atoms with van der Waals surface area (Å²) in [6.07, 6.45) is 2.39. The first kappa shape index (κ1) is 20.6. The Morgan fingerprint density at radius 1 is 1.46 bits per heavy atom. The Balaban J connectivity index is 1.98. The van der Waals surface area contributed by atoms with E-state index < -0.39 is 0 Å². The third kappa shape index (κ3) is 5.95. The summed E-state index contributed by atoms with van der Waals surface area (Å²) in [5, 5.41) is 6.69. The lowest BCUT2D eigenvalue weighted by molar-refractivity contribution is 0.142. The summed E-state index contributed by atoms with van der Waals surface area (Å²) in [5.74, 6) is 0.609. The van der Waals surface area contributed by atoms with Crippen molar-refractivity contribution in [2.24, 2.45) is 4.99 Å². The molecule has 6 heteroatoms. The minimum absolute atomic E-state index is 0.0175. The number of aryl methyl sites for hydroxylation is 1. The Morgan fingerprint density at radius 3 is 2.96 bits per heavy atom. The molecule has 1 heterocycles. The van der Waals surface area contributed by atoms with Crippen molar-refractivity contribution in [2.45, 2.75) is 45.7 Å². The Morgan fingerprint density at radius 2 is 2.27 bits per heavy atom. The van der Waals surface area contributed by atoms with Crippen LogP contribution in [-0.2, 0) is 4.74 Å². The number of likely N-dealkylation sites (tertiary alicyclic amines) is 1. The van der Waals surface area contributed by atoms with Crippen molar-refractivity contribution in [3.05, 3.63) is 35.1 Å². The van der Waals surface area contributed by atoms with Gasteiger partial charge >= 0.3 is 0 Å². The quantitative estimate of drug-likeness (QED) is 0.550. The number of methoxy groups -OCH3 is 1. The molecule has 2 rings (SSSR count). The Labute approximate surface area is 157 Å². The first-order valence-corrected chi connectivity index (χ1v) is 9.59. The molecule has 0 aliphatic carbocycles. The zero-order valence-electron chi connectivity index (χ0n) is 16.5. The lowest BCUT2D eigenvalue weighted by atomic mass is 10.1. The summed E-state index contributed by atoms with van der Waals surface area (Å²) in [7, 11) is 1.74. The molecule has 2 unspecified atom stereocenters. The largest absolute Gasteiger partial charge is 0.383 e. The van der Waals surface area contributed by atoms with Gasteiger partial charge in [-0.25, -0.2) is 4.39 Å². The average Bonchev–Trinajstić information content (AvgIpc) is 3.07. The van der Waals surface area contributed by atoms with E-state index in [1.807, 2.05) is 26.0 Å². The minimum Gasteiger partial charge on any atom is -0.383 e. The number of hydrogen-bond donors (Lipinski definition) is 2. The van der Waals surface area contributed by atoms with Crippen LogP contribution in [0.5, 0.6) is 0 Å². The molecular formula is C20H33FN4O. The number of hydrogen-bond acceptors (Lipinski definition) is 3. The third-order valence-electron chi connectivity index (χ3n) is 4.94. The van der Waals surface area contributed by atoms with E-state index in [1.165, 1.54) is 12.8 Å². The summed E-state index contributed by atoms with van der Waals surface area (Å²) in [6.45, 7) is 10.2. The molecule has 0 radical (unpaired) electrons. The maximum atomic E-state index is 13.8. The van der Waals surface area contributed by atoms with Gasteiger partial charge in [-0.1, -0.05) is 12.1 Å². The van der Waals surface area contributed by atoms with Crippen LogP contribution >= 0.6 is 0 Å². The van der Waals surface area contributed by atoms with Crippen molar-refractivity contribution in [3.8, 4) is 0 Å². The smallest absolute Gasteiger partial charge is 0.191 e. The standard InChI is InChI=1S/C20H33FN4O/c1-5-22-20(23-14-18-7-6-10-25(18)11-12-26-4)24-16(3)17-9-8-15(2)19(21)13-17/h8-9,13,16,18H,5-7,10-12,14H2,1-4H3,(H2,22,23,24). The van der Waals surface area contributed by atoms with E-state index in [2.05, 4.69) is 15.5 Å². The maximum Gasteiger partial charge on any atom is 0.191 e. The number of rotatable bonds is 8. The summed E-state index contributed by atoms with van der Waals surface area (Å²) in [5.41, 5.74) is 1.58. The maximum absolute atomic E-state index is 13.8. The van der Waals surface area contributed by atoms with E-state index >= 15 is 0 Å². The molecule has 0 saturated carbocycles. The number of nitrogens with one attached hydrogen (secondary N) is 2. The average molecular weight is 365 g/mol. The van der Waals surface area contributed by atoms with Crippen LogP contribution in [0, 0.1) is 12.7 Å². The molecule has 1 saturated heterocycles. The van der Waals surface area contributed by atoms with Gasteiger partial charge in [0.2, 0.25) is 0 Å². The topological polar surface area (TPSA) is 48.9 Å². The number of aliphatic imine (C=N–C) groups is 1. The summed E-state index contributed by atoms with van der Waals surface area (Å²) in [6, 6.07) is 5.83. The fraction of sp³-hybridized carbons (Fsp3) is 0.650. The molecule has 2 N–H and O–H groups in total. The van der Waals surface area contributed by atoms with Crippen LogP contribution < -0.4 is 10.6 Å². The van der Waals surface area contributed by atoms with Gasteiger partial charge in [0.15, 0.2) is 5.96 Å². The Kier molecular flexibility index (Phi) is 8.32. The van der Waals surface area contributed by atoms with E-state index in [9.17, 15) is 4.39 Å². The fourth-order valence-corrected chi connectivity index (χ4v) is 3.29. The van der Waals surface area contributed by atoms with Gasteiger partial charge in [-0.15, -0.1) is 0 Å². The third-order valence-corrected chi connectivity index (χ3v) is 4.94. The Bertz CT molecular complexity index is 593. The van der Waals surface area contributed by atoms with E-state index in [0.717, 1.165) is 44.3 Å². The van der Waals surface area contributed by atoms with E-state index in [0.29, 0.717) is 11.6 Å². The molecule has 1 aliphatic heterocycles. The summed E-state index contributed by atoms with van der Waals surface area (Å²) < 4.78 is 19.0. The van der Waals surface area contributed by atoms with Gasteiger partial charge in [-0.3, -0.25) is 9.89 Å². The lowest BCUT2D eigenvalue weighted by Gasteiger charge is -2.24. The van der Waals surface area contributed by atoms with E-state index in [-0.39, 0.29) is 11.9 Å². The predicted octanol–water partition coefficient (Wildman–Crippen LogP) is 2.86. The first-order chi connectivity index (χ1) is 12.5. The highest BCUT2D eigenvalue weighted by Crippen LogP contribution is 2.18. The number of halogens is 1. The molecule has 146 valence electrons. The molecule has 0 aromatic heterocycles. The predicted molar refractivity (Wildman–Crippen MR) is 105 cm³/mol. The van der Waals surface area contributed by atoms with Crippen molar-refractivity contribution in [2.75, 3.05) is 39.9 Å². The van der Waals surface area contributed by atoms with Crippen LogP contribution in [0.1, 0.15) is 43.9 Å². The second-order valence-corrected chi connectivity index (χ2v) is 6.92. The van der Waals surface area contributed by atoms with Crippen molar-refractivity contribution in [1.82, 2.24) is 15.5 Å². The molecule has 5 nitrogen and oxygen atoms in total. The molecule has 2 atom stereocenters. The molecular weight excluding hydrogens is 331 g/mol. The van der Waals surface area contributed by atoms with Crippen LogP contribution in [0.2, 0.25) is 0 Å². The first-order valence-electron chi connectivity index (χ1n) is 9.59. The second-order valence-electron chi connectivity index (χ2n) is 6.92. The monoisotopic (exact) mass is 364 g/mol. The fourth-order valence-electron chi connectivity index (χ4n) is 3.29. The molecule has 0 bridgehead atoms. The summed E-state index contributed by atoms with van der Waals surface area (Å²) >= 11 is 0. The number of nitrogens with zero attached hydrogens (tertiary/aromatic N) is 2. The zero-order valence-corrected chi connectivity index (χ0v) is 16.5. The molecule has 1 fully saturated rings. The van der Waals surface area contributed by atoms with Crippen LogP contribution in [-0.4, -0.2) is 56.8 Å². The van der Waals surface area contributed by atoms with Gasteiger partial charge in [-0.05, 0) is 57.4 Å². The number of ether oxygens (including phenoxy) is 1. The van der Waals surface area contributed by atoms with Crippen LogP contribution in [0.25, 0.3) is 0 Å². The highest BCUT2D eigenvalue weighted by Gasteiger charge is 2.23. The molecule has 1 aromatic rings. The van der Waals surface area contributed by atoms with E-state index in [4.69, 9.17) is 9.73 Å². The molecule has 0 amide bonds. The zero-order chi connectivity index (χ0) is 18.9. The lowest BCUT2D eigenvalue weighted by Crippen LogP contribution is -2.40. The van der Waals surface area contributed by atoms with Crippen molar-refractivity contribution >= 4 is 5.96 Å². The number of benzene rings is 1. The summed E-state index contributed by atoms with van der Waals surface area (Å²) in [4.78, 5) is 7.23. The Hall–Kier alpha value is -1.66. The normalized spacial score (nSPS) is 19.6. The van der Waals surface area contributed by atoms with Gasteiger partial charge < -0.3 is 15.4 Å². The van der Waals surface area contributed by atoms with Crippen LogP contribution in [0.3, 0.4) is 0 Å². The SMILES string of the molecule is CCNC(=NCC1CCCN1CCOC)NC(C)c1ccc(C)c(F)c1. The highest BCUT2D eigenvalue weighted by atomic mass is 19.1. The van der Waals surface area contributed by atoms with Gasteiger partial charge in [-0.2, -0.15) is 0 Å². The van der Waals surface area contributed by atoms with Gasteiger partial charge in [0, 0.05) is 26.2 Å². The molecule has 0 spiro atoms. The van der Waals surface area contributed by atoms with E-state index in [1.54, 1.807) is 20.1 Å². The highest BCUT2D eigenvalue weighted by molar-refractivity contribution is 5.80. The van der Waals surface area contributed by atoms with Crippen molar-refractivity contribution in [3.63, 3.8) is 0 Å². The van der Waals surface area contributed by atoms with Crippen molar-refractivity contribution < 1.29 is 9.13 Å².